The summed E-state index contributed by atoms with van der Waals surface area (Å²) < 4.78 is 6.07. The molecule has 0 fully saturated rings. The third-order valence-corrected chi connectivity index (χ3v) is 4.04. The maximum absolute atomic E-state index is 11.8. The largest absolute Gasteiger partial charge is 0.371 e. The van der Waals surface area contributed by atoms with E-state index in [0.717, 1.165) is 19.3 Å². The number of nitrogens with one attached hydrogen (secondary N) is 1. The Morgan fingerprint density at radius 2 is 2.19 bits per heavy atom. The number of hydrogen-bond acceptors (Lipinski definition) is 3. The van der Waals surface area contributed by atoms with Gasteiger partial charge in [0.15, 0.2) is 0 Å². The molecule has 0 heterocycles. The summed E-state index contributed by atoms with van der Waals surface area (Å²) in [6.07, 6.45) is 3.27. The number of carbonyl (C=O) groups excluding carboxylic acids is 1. The number of rotatable bonds is 6. The lowest BCUT2D eigenvalue weighted by molar-refractivity contribution is -0.128. The van der Waals surface area contributed by atoms with Crippen molar-refractivity contribution in [3.05, 3.63) is 35.4 Å². The Kier molecular flexibility index (Phi) is 5.01. The monoisotopic (exact) mass is 290 g/mol. The Balaban J connectivity index is 2.07. The first-order valence-electron chi connectivity index (χ1n) is 7.69. The van der Waals surface area contributed by atoms with Gasteiger partial charge in [0, 0.05) is 6.04 Å². The highest BCUT2D eigenvalue weighted by Crippen LogP contribution is 2.32. The fraction of sp³-hybridized carbons (Fsp3) is 0.588. The molecule has 1 amide bonds. The van der Waals surface area contributed by atoms with E-state index in [2.05, 4.69) is 23.5 Å². The van der Waals surface area contributed by atoms with Crippen LogP contribution in [0.2, 0.25) is 0 Å². The van der Waals surface area contributed by atoms with Gasteiger partial charge in [0.2, 0.25) is 5.91 Å². The molecule has 0 aliphatic heterocycles. The van der Waals surface area contributed by atoms with E-state index in [4.69, 9.17) is 10.5 Å². The summed E-state index contributed by atoms with van der Waals surface area (Å²) in [5.74, 6) is -0.375. The van der Waals surface area contributed by atoms with E-state index in [1.54, 1.807) is 0 Å². The predicted molar refractivity (Wildman–Crippen MR) is 83.9 cm³/mol. The lowest BCUT2D eigenvalue weighted by atomic mass is 9.89. The summed E-state index contributed by atoms with van der Waals surface area (Å²) in [5.41, 5.74) is 7.32. The molecule has 0 saturated carbocycles. The van der Waals surface area contributed by atoms with Crippen LogP contribution in [-0.2, 0) is 16.0 Å². The standard InChI is InChI=1S/C17H26N2O2/c1-12(2)19-17(3,16(18)20)11-21-15-10-6-8-13-7-4-5-9-14(13)15/h4-5,7,9,12,15,19H,6,8,10-11H2,1-3H3,(H2,18,20). The first kappa shape index (κ1) is 16.0. The van der Waals surface area contributed by atoms with Crippen LogP contribution in [0, 0.1) is 0 Å². The minimum Gasteiger partial charge on any atom is -0.371 e. The second-order valence-electron chi connectivity index (χ2n) is 6.39. The molecule has 1 aromatic carbocycles. The van der Waals surface area contributed by atoms with Gasteiger partial charge in [0.1, 0.15) is 5.54 Å². The lowest BCUT2D eigenvalue weighted by Gasteiger charge is -2.33. The summed E-state index contributed by atoms with van der Waals surface area (Å²) in [6.45, 7) is 6.10. The molecule has 0 spiro atoms. The molecule has 4 nitrogen and oxygen atoms in total. The summed E-state index contributed by atoms with van der Waals surface area (Å²) >= 11 is 0. The maximum atomic E-state index is 11.8. The van der Waals surface area contributed by atoms with E-state index in [0.29, 0.717) is 6.61 Å². The van der Waals surface area contributed by atoms with Crippen LogP contribution in [0.25, 0.3) is 0 Å². The molecular weight excluding hydrogens is 264 g/mol. The molecule has 1 aliphatic carbocycles. The summed E-state index contributed by atoms with van der Waals surface area (Å²) in [7, 11) is 0. The van der Waals surface area contributed by atoms with Gasteiger partial charge in [-0.3, -0.25) is 10.1 Å². The van der Waals surface area contributed by atoms with Crippen LogP contribution in [0.1, 0.15) is 50.8 Å². The Labute approximate surface area is 127 Å². The number of aryl methyl sites for hydroxylation is 1. The molecule has 1 aliphatic rings. The molecule has 2 unspecified atom stereocenters. The molecular formula is C17H26N2O2. The Morgan fingerprint density at radius 3 is 2.86 bits per heavy atom. The number of amides is 1. The fourth-order valence-electron chi connectivity index (χ4n) is 2.97. The van der Waals surface area contributed by atoms with Gasteiger partial charge in [-0.2, -0.15) is 0 Å². The summed E-state index contributed by atoms with van der Waals surface area (Å²) in [6, 6.07) is 8.56. The number of ether oxygens (including phenoxy) is 1. The van der Waals surface area contributed by atoms with Gasteiger partial charge in [-0.15, -0.1) is 0 Å². The zero-order valence-corrected chi connectivity index (χ0v) is 13.2. The molecule has 0 saturated heterocycles. The van der Waals surface area contributed by atoms with Gasteiger partial charge in [-0.05, 0) is 51.2 Å². The smallest absolute Gasteiger partial charge is 0.239 e. The second kappa shape index (κ2) is 6.58. The zero-order valence-electron chi connectivity index (χ0n) is 13.2. The second-order valence-corrected chi connectivity index (χ2v) is 6.39. The average Bonchev–Trinajstić information content (AvgIpc) is 2.44. The highest BCUT2D eigenvalue weighted by Gasteiger charge is 2.33. The zero-order chi connectivity index (χ0) is 15.5. The molecule has 0 aromatic heterocycles. The first-order valence-corrected chi connectivity index (χ1v) is 7.69. The van der Waals surface area contributed by atoms with Gasteiger partial charge in [0.05, 0.1) is 12.7 Å². The van der Waals surface area contributed by atoms with E-state index in [1.807, 2.05) is 26.8 Å². The third-order valence-electron chi connectivity index (χ3n) is 4.04. The SMILES string of the molecule is CC(C)NC(C)(COC1CCCc2ccccc21)C(N)=O. The van der Waals surface area contributed by atoms with Gasteiger partial charge < -0.3 is 10.5 Å². The van der Waals surface area contributed by atoms with Crippen LogP contribution in [0.5, 0.6) is 0 Å². The van der Waals surface area contributed by atoms with E-state index in [-0.39, 0.29) is 18.1 Å². The van der Waals surface area contributed by atoms with Crippen LogP contribution in [0.15, 0.2) is 24.3 Å². The van der Waals surface area contributed by atoms with E-state index in [1.165, 1.54) is 11.1 Å². The van der Waals surface area contributed by atoms with Crippen molar-refractivity contribution in [3.8, 4) is 0 Å². The van der Waals surface area contributed by atoms with Gasteiger partial charge in [-0.25, -0.2) is 0 Å². The first-order chi connectivity index (χ1) is 9.92. The Bertz CT molecular complexity index is 501. The van der Waals surface area contributed by atoms with Crippen molar-refractivity contribution >= 4 is 5.91 Å². The van der Waals surface area contributed by atoms with Crippen molar-refractivity contribution in [1.82, 2.24) is 5.32 Å². The topological polar surface area (TPSA) is 64.3 Å². The van der Waals surface area contributed by atoms with Crippen LogP contribution in [0.3, 0.4) is 0 Å². The predicted octanol–water partition coefficient (Wildman–Crippen LogP) is 2.32. The molecule has 2 atom stereocenters. The van der Waals surface area contributed by atoms with E-state index >= 15 is 0 Å². The molecule has 2 rings (SSSR count). The van der Waals surface area contributed by atoms with Crippen LogP contribution in [-0.4, -0.2) is 24.1 Å². The normalized spacial score (nSPS) is 20.9. The summed E-state index contributed by atoms with van der Waals surface area (Å²) in [5, 5.41) is 3.22. The lowest BCUT2D eigenvalue weighted by Crippen LogP contribution is -2.58. The summed E-state index contributed by atoms with van der Waals surface area (Å²) in [4.78, 5) is 11.8. The number of nitrogens with two attached hydrogens (primary N) is 1. The molecule has 0 bridgehead atoms. The maximum Gasteiger partial charge on any atom is 0.239 e. The van der Waals surface area contributed by atoms with Crippen LogP contribution < -0.4 is 11.1 Å². The van der Waals surface area contributed by atoms with Crippen LogP contribution >= 0.6 is 0 Å². The van der Waals surface area contributed by atoms with Crippen molar-refractivity contribution in [2.45, 2.75) is 57.7 Å². The number of benzene rings is 1. The van der Waals surface area contributed by atoms with Crippen molar-refractivity contribution in [3.63, 3.8) is 0 Å². The number of fused-ring (bicyclic) bond motifs is 1. The minimum absolute atomic E-state index is 0.0580. The molecule has 116 valence electrons. The molecule has 1 aromatic rings. The quantitative estimate of drug-likeness (QED) is 0.845. The highest BCUT2D eigenvalue weighted by atomic mass is 16.5. The van der Waals surface area contributed by atoms with Gasteiger partial charge >= 0.3 is 0 Å². The fourth-order valence-corrected chi connectivity index (χ4v) is 2.97. The van der Waals surface area contributed by atoms with E-state index < -0.39 is 5.54 Å². The van der Waals surface area contributed by atoms with Crippen LogP contribution in [0.4, 0.5) is 0 Å². The highest BCUT2D eigenvalue weighted by molar-refractivity contribution is 5.84. The molecule has 4 heteroatoms. The molecule has 21 heavy (non-hydrogen) atoms. The van der Waals surface area contributed by atoms with Crippen molar-refractivity contribution in [1.29, 1.82) is 0 Å². The van der Waals surface area contributed by atoms with E-state index in [9.17, 15) is 4.79 Å². The Hall–Kier alpha value is -1.39. The average molecular weight is 290 g/mol. The van der Waals surface area contributed by atoms with Gasteiger partial charge in [0.25, 0.3) is 0 Å². The van der Waals surface area contributed by atoms with Gasteiger partial charge in [-0.1, -0.05) is 24.3 Å². The van der Waals surface area contributed by atoms with Crippen molar-refractivity contribution < 1.29 is 9.53 Å². The molecule has 0 radical (unpaired) electrons. The minimum atomic E-state index is -0.833. The number of carbonyl (C=O) groups is 1. The number of primary amides is 1. The van der Waals surface area contributed by atoms with Crippen molar-refractivity contribution in [2.24, 2.45) is 5.73 Å². The molecule has 3 N–H and O–H groups in total. The Morgan fingerprint density at radius 1 is 1.48 bits per heavy atom. The number of hydrogen-bond donors (Lipinski definition) is 2. The third kappa shape index (κ3) is 3.83. The van der Waals surface area contributed by atoms with Crippen molar-refractivity contribution in [2.75, 3.05) is 6.61 Å².